The molecule has 0 bridgehead atoms. The number of hydrogen-bond donors (Lipinski definition) is 1. The second-order valence-electron chi connectivity index (χ2n) is 8.21. The Kier molecular flexibility index (Phi) is 6.94. The van der Waals surface area contributed by atoms with E-state index in [1.165, 1.54) is 19.3 Å². The summed E-state index contributed by atoms with van der Waals surface area (Å²) in [6.07, 6.45) is 13.4. The molecule has 6 nitrogen and oxygen atoms in total. The molecule has 1 aromatic heterocycles. The molecular weight excluding hydrogens is 326 g/mol. The normalized spacial score (nSPS) is 22.0. The molecule has 2 fully saturated rings. The second kappa shape index (κ2) is 9.40. The minimum absolute atomic E-state index is 0.132. The minimum atomic E-state index is 0.132. The van der Waals surface area contributed by atoms with Crippen molar-refractivity contribution in [2.24, 2.45) is 0 Å². The highest BCUT2D eigenvalue weighted by molar-refractivity contribution is 5.74. The number of aryl methyl sites for hydroxylation is 1. The van der Waals surface area contributed by atoms with Crippen LogP contribution in [0.25, 0.3) is 0 Å². The average molecular weight is 362 g/mol. The molecule has 0 unspecified atom stereocenters. The van der Waals surface area contributed by atoms with E-state index >= 15 is 0 Å². The molecule has 2 heterocycles. The molecule has 1 atom stereocenters. The number of rotatable bonds is 6. The molecule has 2 amide bonds. The SMILES string of the molecule is CN(C)CCCn1ccnc1[C@H]1CCCN(C(=O)NC2CCCCC2)C1. The molecule has 3 rings (SSSR count). The van der Waals surface area contributed by atoms with Crippen LogP contribution in [0.3, 0.4) is 0 Å². The first-order chi connectivity index (χ1) is 12.6. The van der Waals surface area contributed by atoms with Crippen LogP contribution in [0.1, 0.15) is 63.1 Å². The fourth-order valence-corrected chi connectivity index (χ4v) is 4.31. The van der Waals surface area contributed by atoms with Gasteiger partial charge in [-0.15, -0.1) is 0 Å². The third-order valence-electron chi connectivity index (χ3n) is 5.76. The Morgan fingerprint density at radius 2 is 2.04 bits per heavy atom. The van der Waals surface area contributed by atoms with E-state index < -0.39 is 0 Å². The number of urea groups is 1. The highest BCUT2D eigenvalue weighted by atomic mass is 16.2. The highest BCUT2D eigenvalue weighted by Crippen LogP contribution is 2.26. The van der Waals surface area contributed by atoms with Gasteiger partial charge in [-0.25, -0.2) is 9.78 Å². The van der Waals surface area contributed by atoms with Gasteiger partial charge in [0.2, 0.25) is 0 Å². The van der Waals surface area contributed by atoms with Crippen molar-refractivity contribution >= 4 is 6.03 Å². The first-order valence-corrected chi connectivity index (χ1v) is 10.3. The van der Waals surface area contributed by atoms with Gasteiger partial charge in [0.1, 0.15) is 5.82 Å². The Balaban J connectivity index is 1.54. The number of aromatic nitrogens is 2. The van der Waals surface area contributed by atoms with Gasteiger partial charge in [-0.2, -0.15) is 0 Å². The molecule has 1 N–H and O–H groups in total. The highest BCUT2D eigenvalue weighted by Gasteiger charge is 2.28. The molecule has 0 aromatic carbocycles. The Hall–Kier alpha value is -1.56. The summed E-state index contributed by atoms with van der Waals surface area (Å²) in [5.41, 5.74) is 0. The molecular formula is C20H35N5O. The molecule has 0 radical (unpaired) electrons. The molecule has 1 aliphatic carbocycles. The van der Waals surface area contributed by atoms with E-state index in [1.54, 1.807) is 0 Å². The van der Waals surface area contributed by atoms with Crippen LogP contribution in [0.2, 0.25) is 0 Å². The summed E-state index contributed by atoms with van der Waals surface area (Å²) < 4.78 is 2.29. The monoisotopic (exact) mass is 361 g/mol. The van der Waals surface area contributed by atoms with Gasteiger partial charge < -0.3 is 19.7 Å². The fraction of sp³-hybridized carbons (Fsp3) is 0.800. The number of nitrogens with one attached hydrogen (secondary N) is 1. The van der Waals surface area contributed by atoms with Crippen molar-refractivity contribution in [2.45, 2.75) is 69.9 Å². The zero-order valence-electron chi connectivity index (χ0n) is 16.5. The predicted octanol–water partition coefficient (Wildman–Crippen LogP) is 3.06. The molecule has 0 spiro atoms. The molecule has 1 aromatic rings. The molecule has 146 valence electrons. The van der Waals surface area contributed by atoms with E-state index in [4.69, 9.17) is 0 Å². The fourth-order valence-electron chi connectivity index (χ4n) is 4.31. The largest absolute Gasteiger partial charge is 0.335 e. The summed E-state index contributed by atoms with van der Waals surface area (Å²) in [6.45, 7) is 3.75. The van der Waals surface area contributed by atoms with Crippen molar-refractivity contribution in [1.82, 2.24) is 24.7 Å². The van der Waals surface area contributed by atoms with Gasteiger partial charge in [0, 0.05) is 44.0 Å². The minimum Gasteiger partial charge on any atom is -0.335 e. The summed E-state index contributed by atoms with van der Waals surface area (Å²) in [6, 6.07) is 0.511. The van der Waals surface area contributed by atoms with Crippen LogP contribution >= 0.6 is 0 Å². The van der Waals surface area contributed by atoms with E-state index in [0.29, 0.717) is 12.0 Å². The Bertz CT molecular complexity index is 564. The second-order valence-corrected chi connectivity index (χ2v) is 8.21. The van der Waals surface area contributed by atoms with Crippen molar-refractivity contribution < 1.29 is 4.79 Å². The summed E-state index contributed by atoms with van der Waals surface area (Å²) in [5.74, 6) is 1.51. The van der Waals surface area contributed by atoms with E-state index in [-0.39, 0.29) is 6.03 Å². The first kappa shape index (κ1) is 19.2. The van der Waals surface area contributed by atoms with Gasteiger partial charge in [-0.05, 0) is 52.7 Å². The van der Waals surface area contributed by atoms with Crippen LogP contribution in [0.4, 0.5) is 4.79 Å². The summed E-state index contributed by atoms with van der Waals surface area (Å²) >= 11 is 0. The molecule has 26 heavy (non-hydrogen) atoms. The first-order valence-electron chi connectivity index (χ1n) is 10.3. The maximum absolute atomic E-state index is 12.7. The lowest BCUT2D eigenvalue weighted by atomic mass is 9.95. The third kappa shape index (κ3) is 5.22. The van der Waals surface area contributed by atoms with Gasteiger partial charge in [0.15, 0.2) is 0 Å². The maximum Gasteiger partial charge on any atom is 0.317 e. The molecule has 1 aliphatic heterocycles. The topological polar surface area (TPSA) is 53.4 Å². The molecule has 1 saturated carbocycles. The number of carbonyl (C=O) groups excluding carboxylic acids is 1. The van der Waals surface area contributed by atoms with E-state index in [9.17, 15) is 4.79 Å². The number of amides is 2. The quantitative estimate of drug-likeness (QED) is 0.847. The van der Waals surface area contributed by atoms with Crippen LogP contribution in [0.5, 0.6) is 0 Å². The molecule has 2 aliphatic rings. The van der Waals surface area contributed by atoms with Crippen molar-refractivity contribution in [2.75, 3.05) is 33.7 Å². The maximum atomic E-state index is 12.7. The van der Waals surface area contributed by atoms with Crippen LogP contribution in [0.15, 0.2) is 12.4 Å². The zero-order valence-corrected chi connectivity index (χ0v) is 16.5. The number of imidazole rings is 1. The van der Waals surface area contributed by atoms with E-state index in [0.717, 1.165) is 64.1 Å². The zero-order chi connectivity index (χ0) is 18.4. The van der Waals surface area contributed by atoms with Gasteiger partial charge in [-0.3, -0.25) is 0 Å². The van der Waals surface area contributed by atoms with Gasteiger partial charge in [0.25, 0.3) is 0 Å². The van der Waals surface area contributed by atoms with Crippen LogP contribution in [-0.2, 0) is 6.54 Å². The van der Waals surface area contributed by atoms with Crippen molar-refractivity contribution in [3.05, 3.63) is 18.2 Å². The van der Waals surface area contributed by atoms with Gasteiger partial charge in [0.05, 0.1) is 0 Å². The van der Waals surface area contributed by atoms with Gasteiger partial charge >= 0.3 is 6.03 Å². The lowest BCUT2D eigenvalue weighted by Gasteiger charge is -2.34. The average Bonchev–Trinajstić information content (AvgIpc) is 3.11. The summed E-state index contributed by atoms with van der Waals surface area (Å²) in [4.78, 5) is 21.6. The van der Waals surface area contributed by atoms with Crippen molar-refractivity contribution in [1.29, 1.82) is 0 Å². The number of hydrogen-bond acceptors (Lipinski definition) is 3. The number of carbonyl (C=O) groups is 1. The Morgan fingerprint density at radius 3 is 2.81 bits per heavy atom. The number of nitrogens with zero attached hydrogens (tertiary/aromatic N) is 4. The van der Waals surface area contributed by atoms with Crippen LogP contribution < -0.4 is 5.32 Å². The van der Waals surface area contributed by atoms with E-state index in [1.807, 2.05) is 11.1 Å². The Labute approximate surface area is 157 Å². The number of piperidine rings is 1. The Morgan fingerprint density at radius 1 is 1.23 bits per heavy atom. The van der Waals surface area contributed by atoms with E-state index in [2.05, 4.69) is 40.1 Å². The molecule has 1 saturated heterocycles. The lowest BCUT2D eigenvalue weighted by Crippen LogP contribution is -2.48. The van der Waals surface area contributed by atoms with Crippen molar-refractivity contribution in [3.63, 3.8) is 0 Å². The summed E-state index contributed by atoms with van der Waals surface area (Å²) in [7, 11) is 4.22. The standard InChI is InChI=1S/C20H35N5O/c1-23(2)12-7-14-24-15-11-21-19(24)17-8-6-13-25(16-17)20(26)22-18-9-4-3-5-10-18/h11,15,17-18H,3-10,12-14,16H2,1-2H3,(H,22,26)/t17-/m0/s1. The number of likely N-dealkylation sites (tertiary alicyclic amines) is 1. The van der Waals surface area contributed by atoms with Gasteiger partial charge in [-0.1, -0.05) is 19.3 Å². The molecule has 6 heteroatoms. The van der Waals surface area contributed by atoms with Crippen LogP contribution in [-0.4, -0.2) is 65.2 Å². The van der Waals surface area contributed by atoms with Crippen molar-refractivity contribution in [3.8, 4) is 0 Å². The third-order valence-corrected chi connectivity index (χ3v) is 5.76. The predicted molar refractivity (Wildman–Crippen MR) is 104 cm³/mol. The smallest absolute Gasteiger partial charge is 0.317 e. The summed E-state index contributed by atoms with van der Waals surface area (Å²) in [5, 5.41) is 3.27. The van der Waals surface area contributed by atoms with Crippen LogP contribution in [0, 0.1) is 0 Å². The lowest BCUT2D eigenvalue weighted by molar-refractivity contribution is 0.171.